The summed E-state index contributed by atoms with van der Waals surface area (Å²) in [7, 11) is 0. The quantitative estimate of drug-likeness (QED) is 0.676. The van der Waals surface area contributed by atoms with Gasteiger partial charge in [0.2, 0.25) is 0 Å². The van der Waals surface area contributed by atoms with Crippen molar-refractivity contribution in [3.63, 3.8) is 0 Å². The summed E-state index contributed by atoms with van der Waals surface area (Å²) in [6, 6.07) is 0. The Labute approximate surface area is 87.8 Å². The minimum Gasteiger partial charge on any atom is -0.450 e. The number of hydrogen-bond donors (Lipinski definition) is 1. The molecular formula is C9H15NO5. The van der Waals surface area contributed by atoms with Crippen LogP contribution in [-0.2, 0) is 9.47 Å². The molecule has 0 bridgehead atoms. The molecule has 6 heteroatoms. The number of hydrogen-bond acceptors (Lipinski definition) is 4. The van der Waals surface area contributed by atoms with E-state index in [-0.39, 0.29) is 0 Å². The highest BCUT2D eigenvalue weighted by atomic mass is 16.7. The van der Waals surface area contributed by atoms with Gasteiger partial charge in [-0.15, -0.1) is 0 Å². The van der Waals surface area contributed by atoms with Crippen LogP contribution in [0.2, 0.25) is 0 Å². The highest BCUT2D eigenvalue weighted by molar-refractivity contribution is 5.70. The summed E-state index contributed by atoms with van der Waals surface area (Å²) in [4.78, 5) is 23.0. The number of ether oxygens (including phenoxy) is 2. The fourth-order valence-electron chi connectivity index (χ4n) is 1.13. The topological polar surface area (TPSA) is 76.1 Å². The van der Waals surface area contributed by atoms with E-state index in [0.717, 1.165) is 0 Å². The normalized spacial score (nSPS) is 20.5. The van der Waals surface area contributed by atoms with Crippen molar-refractivity contribution in [1.82, 2.24) is 4.90 Å². The third-order valence-corrected chi connectivity index (χ3v) is 1.83. The second kappa shape index (κ2) is 3.96. The second-order valence-corrected chi connectivity index (χ2v) is 4.30. The van der Waals surface area contributed by atoms with Crippen molar-refractivity contribution >= 4 is 12.2 Å². The zero-order valence-corrected chi connectivity index (χ0v) is 9.02. The molecular weight excluding hydrogens is 202 g/mol. The maximum Gasteiger partial charge on any atom is 0.507 e. The molecule has 15 heavy (non-hydrogen) atoms. The average molecular weight is 217 g/mol. The van der Waals surface area contributed by atoms with E-state index in [1.54, 1.807) is 20.8 Å². The maximum atomic E-state index is 11.5. The van der Waals surface area contributed by atoms with E-state index >= 15 is 0 Å². The van der Waals surface area contributed by atoms with Crippen LogP contribution in [0, 0.1) is 0 Å². The van der Waals surface area contributed by atoms with Gasteiger partial charge in [-0.3, -0.25) is 4.90 Å². The van der Waals surface area contributed by atoms with Crippen LogP contribution in [-0.4, -0.2) is 40.6 Å². The fourth-order valence-corrected chi connectivity index (χ4v) is 1.13. The lowest BCUT2D eigenvalue weighted by molar-refractivity contribution is -0.0952. The van der Waals surface area contributed by atoms with Gasteiger partial charge in [0.1, 0.15) is 5.60 Å². The molecule has 0 aromatic rings. The summed E-state index contributed by atoms with van der Waals surface area (Å²) < 4.78 is 9.54. The second-order valence-electron chi connectivity index (χ2n) is 4.30. The molecule has 0 saturated carbocycles. The number of carbonyl (C=O) groups is 2. The number of amides is 1. The van der Waals surface area contributed by atoms with E-state index in [1.165, 1.54) is 4.90 Å². The van der Waals surface area contributed by atoms with E-state index in [1.807, 2.05) is 0 Å². The molecule has 6 nitrogen and oxygen atoms in total. The van der Waals surface area contributed by atoms with Crippen LogP contribution >= 0.6 is 0 Å². The lowest BCUT2D eigenvalue weighted by atomic mass is 10.2. The monoisotopic (exact) mass is 217 g/mol. The highest BCUT2D eigenvalue weighted by Crippen LogP contribution is 2.21. The van der Waals surface area contributed by atoms with Crippen molar-refractivity contribution in [2.45, 2.75) is 39.0 Å². The van der Waals surface area contributed by atoms with Gasteiger partial charge >= 0.3 is 12.2 Å². The Morgan fingerprint density at radius 3 is 2.33 bits per heavy atom. The molecule has 0 aromatic carbocycles. The van der Waals surface area contributed by atoms with Crippen LogP contribution in [0.15, 0.2) is 0 Å². The molecule has 0 spiro atoms. The van der Waals surface area contributed by atoms with Gasteiger partial charge < -0.3 is 14.6 Å². The molecule has 1 amide bonds. The van der Waals surface area contributed by atoms with Crippen LogP contribution in [0.25, 0.3) is 0 Å². The first-order valence-electron chi connectivity index (χ1n) is 4.69. The molecule has 1 atom stereocenters. The molecule has 1 aliphatic rings. The van der Waals surface area contributed by atoms with Gasteiger partial charge in [-0.1, -0.05) is 0 Å². The van der Waals surface area contributed by atoms with Crippen LogP contribution in [0.3, 0.4) is 0 Å². The molecule has 0 radical (unpaired) electrons. The van der Waals surface area contributed by atoms with Gasteiger partial charge in [-0.25, -0.2) is 9.59 Å². The Kier molecular flexibility index (Phi) is 3.06. The molecule has 0 aromatic heterocycles. The van der Waals surface area contributed by atoms with Crippen molar-refractivity contribution in [3.05, 3.63) is 0 Å². The Balaban J connectivity index is 2.44. The first-order valence-corrected chi connectivity index (χ1v) is 4.69. The summed E-state index contributed by atoms with van der Waals surface area (Å²) in [6.07, 6.45) is -2.10. The zero-order valence-electron chi connectivity index (χ0n) is 9.02. The first kappa shape index (κ1) is 11.6. The van der Waals surface area contributed by atoms with Crippen molar-refractivity contribution in [2.24, 2.45) is 0 Å². The molecule has 1 N–H and O–H groups in total. The first-order chi connectivity index (χ1) is 6.79. The Morgan fingerprint density at radius 1 is 1.40 bits per heavy atom. The van der Waals surface area contributed by atoms with Crippen molar-refractivity contribution in [2.75, 3.05) is 6.54 Å². The van der Waals surface area contributed by atoms with Gasteiger partial charge in [0.15, 0.2) is 6.23 Å². The minimum absolute atomic E-state index is 0.465. The highest BCUT2D eigenvalue weighted by Gasteiger charge is 2.37. The Morgan fingerprint density at radius 2 is 2.00 bits per heavy atom. The van der Waals surface area contributed by atoms with Crippen LogP contribution in [0.1, 0.15) is 27.2 Å². The largest absolute Gasteiger partial charge is 0.507 e. The van der Waals surface area contributed by atoms with Crippen LogP contribution < -0.4 is 0 Å². The molecule has 1 aliphatic heterocycles. The summed E-state index contributed by atoms with van der Waals surface area (Å²) in [5, 5.41) is 8.38. The molecule has 0 aliphatic carbocycles. The van der Waals surface area contributed by atoms with Crippen LogP contribution in [0.4, 0.5) is 9.59 Å². The molecule has 1 rings (SSSR count). The summed E-state index contributed by atoms with van der Waals surface area (Å²) >= 11 is 0. The lowest BCUT2D eigenvalue weighted by Gasteiger charge is -2.39. The standard InChI is InChI=1S/C9H15NO5/c1-9(2,3)15-7(11)10-5-4-6(10)14-8(12)13/h6H,4-5H2,1-3H3,(H,12,13). The van der Waals surface area contributed by atoms with Crippen molar-refractivity contribution in [3.8, 4) is 0 Å². The SMILES string of the molecule is CC(C)(C)OC(=O)N1CCC1OC(=O)O. The predicted molar refractivity (Wildman–Crippen MR) is 50.5 cm³/mol. The zero-order chi connectivity index (χ0) is 11.6. The van der Waals surface area contributed by atoms with E-state index in [9.17, 15) is 9.59 Å². The summed E-state index contributed by atoms with van der Waals surface area (Å²) in [5.74, 6) is 0. The average Bonchev–Trinajstić information content (AvgIpc) is 1.93. The van der Waals surface area contributed by atoms with Crippen molar-refractivity contribution < 1.29 is 24.2 Å². The maximum absolute atomic E-state index is 11.5. The Hall–Kier alpha value is -1.46. The number of likely N-dealkylation sites (tertiary alicyclic amines) is 1. The fraction of sp³-hybridized carbons (Fsp3) is 0.778. The number of carboxylic acid groups (broad SMARTS) is 1. The van der Waals surface area contributed by atoms with E-state index in [2.05, 4.69) is 4.74 Å². The smallest absolute Gasteiger partial charge is 0.450 e. The number of carbonyl (C=O) groups excluding carboxylic acids is 1. The number of rotatable bonds is 1. The van der Waals surface area contributed by atoms with E-state index < -0.39 is 24.1 Å². The molecule has 1 saturated heterocycles. The van der Waals surface area contributed by atoms with E-state index in [4.69, 9.17) is 9.84 Å². The molecule has 86 valence electrons. The van der Waals surface area contributed by atoms with Gasteiger partial charge in [0.05, 0.1) is 0 Å². The van der Waals surface area contributed by atoms with E-state index in [0.29, 0.717) is 13.0 Å². The molecule has 1 unspecified atom stereocenters. The number of nitrogens with zero attached hydrogens (tertiary/aromatic N) is 1. The minimum atomic E-state index is -1.38. The van der Waals surface area contributed by atoms with Gasteiger partial charge in [0, 0.05) is 13.0 Å². The lowest BCUT2D eigenvalue weighted by Crippen LogP contribution is -2.54. The molecule has 1 fully saturated rings. The summed E-state index contributed by atoms with van der Waals surface area (Å²) in [6.45, 7) is 5.71. The van der Waals surface area contributed by atoms with Gasteiger partial charge in [-0.05, 0) is 20.8 Å². The van der Waals surface area contributed by atoms with Gasteiger partial charge in [0.25, 0.3) is 0 Å². The third kappa shape index (κ3) is 3.30. The Bertz CT molecular complexity index is 270. The molecule has 1 heterocycles. The summed E-state index contributed by atoms with van der Waals surface area (Å²) in [5.41, 5.74) is -0.583. The van der Waals surface area contributed by atoms with Crippen molar-refractivity contribution in [1.29, 1.82) is 0 Å². The van der Waals surface area contributed by atoms with Crippen LogP contribution in [0.5, 0.6) is 0 Å². The third-order valence-electron chi connectivity index (χ3n) is 1.83. The van der Waals surface area contributed by atoms with Gasteiger partial charge in [-0.2, -0.15) is 0 Å². The predicted octanol–water partition coefficient (Wildman–Crippen LogP) is 1.65.